The Labute approximate surface area is 215 Å². The first kappa shape index (κ1) is 29.2. The molecule has 0 fully saturated rings. The zero-order valence-electron chi connectivity index (χ0n) is 19.1. The van der Waals surface area contributed by atoms with Gasteiger partial charge >= 0.3 is 12.4 Å². The summed E-state index contributed by atoms with van der Waals surface area (Å²) in [6, 6.07) is 8.14. The highest BCUT2D eigenvalue weighted by Crippen LogP contribution is 2.34. The Morgan fingerprint density at radius 3 is 2.21 bits per heavy atom. The van der Waals surface area contributed by atoms with Crippen molar-refractivity contribution in [3.63, 3.8) is 0 Å². The number of β-amino-alcohol motifs (C(OH)–C–C–N with tert-alkyl or cyclic N) is 1. The van der Waals surface area contributed by atoms with Crippen LogP contribution in [-0.4, -0.2) is 58.7 Å². The summed E-state index contributed by atoms with van der Waals surface area (Å²) in [7, 11) is 0. The van der Waals surface area contributed by atoms with E-state index >= 15 is 0 Å². The number of aliphatic hydroxyl groups excluding tert-OH is 1. The molecule has 0 aliphatic carbocycles. The van der Waals surface area contributed by atoms with Crippen LogP contribution in [-0.2, 0) is 16.9 Å². The molecule has 0 saturated heterocycles. The molecule has 0 aromatic heterocycles. The average Bonchev–Trinajstić information content (AvgIpc) is 3.12. The van der Waals surface area contributed by atoms with Crippen molar-refractivity contribution in [3.8, 4) is 0 Å². The maximum absolute atomic E-state index is 14.5. The Balaban J connectivity index is 1.74. The number of amidine groups is 1. The summed E-state index contributed by atoms with van der Waals surface area (Å²) in [5.41, 5.74) is -2.02. The van der Waals surface area contributed by atoms with Crippen molar-refractivity contribution in [1.29, 1.82) is 0 Å². The number of aliphatic hydroxyl groups is 1. The minimum absolute atomic E-state index is 0.128. The van der Waals surface area contributed by atoms with Gasteiger partial charge in [0.2, 0.25) is 5.91 Å². The van der Waals surface area contributed by atoms with E-state index in [1.165, 1.54) is 24.3 Å². The van der Waals surface area contributed by atoms with E-state index in [1.54, 1.807) is 0 Å². The quantitative estimate of drug-likeness (QED) is 0.441. The first-order chi connectivity index (χ1) is 17.5. The van der Waals surface area contributed by atoms with E-state index in [4.69, 9.17) is 11.6 Å². The van der Waals surface area contributed by atoms with Crippen molar-refractivity contribution < 1.29 is 45.0 Å². The molecule has 1 heterocycles. The first-order valence-corrected chi connectivity index (χ1v) is 11.0. The molecule has 15 heteroatoms. The molecule has 206 valence electrons. The molecule has 0 bridgehead atoms. The molecule has 1 aliphatic heterocycles. The van der Waals surface area contributed by atoms with Crippen LogP contribution >= 0.6 is 11.6 Å². The van der Waals surface area contributed by atoms with Crippen LogP contribution in [0.15, 0.2) is 66.0 Å². The predicted octanol–water partition coefficient (Wildman–Crippen LogP) is 4.94. The van der Waals surface area contributed by atoms with Gasteiger partial charge in [0.25, 0.3) is 5.92 Å². The van der Waals surface area contributed by atoms with Gasteiger partial charge in [0.15, 0.2) is 11.9 Å². The lowest BCUT2D eigenvalue weighted by Gasteiger charge is -2.26. The third-order valence-electron chi connectivity index (χ3n) is 5.33. The Hall–Kier alpha value is -3.39. The van der Waals surface area contributed by atoms with E-state index in [-0.39, 0.29) is 23.3 Å². The monoisotopic (exact) mass is 570 g/mol. The molecule has 1 aliphatic rings. The smallest absolute Gasteiger partial charge is 0.382 e. The number of hydrogen-bond donors (Lipinski definition) is 2. The lowest BCUT2D eigenvalue weighted by atomic mass is 10.0. The number of hydrogen-bond acceptors (Lipinski definition) is 5. The molecule has 2 aromatic rings. The van der Waals surface area contributed by atoms with Crippen LogP contribution in [0, 0.1) is 0 Å². The van der Waals surface area contributed by atoms with E-state index in [9.17, 15) is 45.0 Å². The van der Waals surface area contributed by atoms with Gasteiger partial charge in [-0.25, -0.2) is 5.01 Å². The second-order valence-corrected chi connectivity index (χ2v) is 8.57. The Bertz CT molecular complexity index is 1220. The van der Waals surface area contributed by atoms with Crippen molar-refractivity contribution >= 4 is 23.3 Å². The molecule has 1 unspecified atom stereocenters. The van der Waals surface area contributed by atoms with Crippen LogP contribution in [0.5, 0.6) is 0 Å². The summed E-state index contributed by atoms with van der Waals surface area (Å²) in [5.74, 6) is -5.34. The minimum atomic E-state index is -4.98. The molecule has 3 rings (SSSR count). The fraction of sp³-hybridized carbons (Fsp3) is 0.304. The lowest BCUT2D eigenvalue weighted by molar-refractivity contribution is -0.205. The zero-order chi connectivity index (χ0) is 28.5. The zero-order valence-corrected chi connectivity index (χ0v) is 19.9. The molecule has 0 spiro atoms. The van der Waals surface area contributed by atoms with Crippen molar-refractivity contribution in [2.24, 2.45) is 5.10 Å². The van der Waals surface area contributed by atoms with Gasteiger partial charge in [0.1, 0.15) is 12.4 Å². The molecule has 1 amide bonds. The second-order valence-electron chi connectivity index (χ2n) is 8.13. The standard InChI is InChI=1S/C23H19ClF8N4O2/c1-13-35(10-18(37)23(30,31)32)20(14-5-7-17(24)8-6-14)34-36(13)11-19(38)33-12-21(25,26)15-3-2-4-16(9-15)22(27,28)29/h2-9,18,37H,1,10-12H2,(H,33,38). The molecule has 1 atom stereocenters. The minimum Gasteiger partial charge on any atom is -0.382 e. The first-order valence-electron chi connectivity index (χ1n) is 10.6. The van der Waals surface area contributed by atoms with Gasteiger partial charge in [-0.05, 0) is 36.4 Å². The fourth-order valence-electron chi connectivity index (χ4n) is 3.32. The summed E-state index contributed by atoms with van der Waals surface area (Å²) in [4.78, 5) is 13.3. The average molecular weight is 571 g/mol. The summed E-state index contributed by atoms with van der Waals surface area (Å²) in [6.45, 7) is 0.420. The highest BCUT2D eigenvalue weighted by molar-refractivity contribution is 6.30. The van der Waals surface area contributed by atoms with Crippen LogP contribution in [0.3, 0.4) is 0 Å². The number of alkyl halides is 8. The van der Waals surface area contributed by atoms with Gasteiger partial charge in [-0.3, -0.25) is 4.79 Å². The van der Waals surface area contributed by atoms with Crippen LogP contribution in [0.4, 0.5) is 35.1 Å². The summed E-state index contributed by atoms with van der Waals surface area (Å²) < 4.78 is 107. The largest absolute Gasteiger partial charge is 0.416 e. The summed E-state index contributed by atoms with van der Waals surface area (Å²) in [6.07, 6.45) is -12.6. The molecule has 0 radical (unpaired) electrons. The number of rotatable bonds is 8. The van der Waals surface area contributed by atoms with Crippen molar-refractivity contribution in [1.82, 2.24) is 15.2 Å². The van der Waals surface area contributed by atoms with Crippen molar-refractivity contribution in [3.05, 3.63) is 82.6 Å². The number of halogens is 9. The number of nitrogens with one attached hydrogen (secondary N) is 1. The molecular weight excluding hydrogens is 552 g/mol. The Kier molecular flexibility index (Phi) is 8.27. The molecule has 2 aromatic carbocycles. The molecule has 2 N–H and O–H groups in total. The van der Waals surface area contributed by atoms with E-state index in [0.717, 1.165) is 22.0 Å². The van der Waals surface area contributed by atoms with Gasteiger partial charge in [0.05, 0.1) is 18.7 Å². The maximum Gasteiger partial charge on any atom is 0.416 e. The third-order valence-corrected chi connectivity index (χ3v) is 5.58. The predicted molar refractivity (Wildman–Crippen MR) is 121 cm³/mol. The topological polar surface area (TPSA) is 68.2 Å². The van der Waals surface area contributed by atoms with Crippen LogP contribution in [0.25, 0.3) is 0 Å². The number of hydrazone groups is 1. The van der Waals surface area contributed by atoms with Crippen molar-refractivity contribution in [2.45, 2.75) is 24.4 Å². The van der Waals surface area contributed by atoms with Gasteiger partial charge in [-0.15, -0.1) is 0 Å². The van der Waals surface area contributed by atoms with Gasteiger partial charge in [-0.1, -0.05) is 30.3 Å². The Morgan fingerprint density at radius 1 is 1.03 bits per heavy atom. The number of amides is 1. The van der Waals surface area contributed by atoms with Crippen LogP contribution in [0.2, 0.25) is 5.02 Å². The van der Waals surface area contributed by atoms with Gasteiger partial charge in [-0.2, -0.15) is 40.2 Å². The lowest BCUT2D eigenvalue weighted by Crippen LogP contribution is -2.43. The molecule has 38 heavy (non-hydrogen) atoms. The van der Waals surface area contributed by atoms with E-state index in [1.807, 2.05) is 5.32 Å². The highest BCUT2D eigenvalue weighted by atomic mass is 35.5. The van der Waals surface area contributed by atoms with E-state index in [0.29, 0.717) is 11.1 Å². The number of nitrogens with zero attached hydrogens (tertiary/aromatic N) is 3. The number of carbonyl (C=O) groups excluding carboxylic acids is 1. The normalized spacial score (nSPS) is 15.5. The van der Waals surface area contributed by atoms with Crippen molar-refractivity contribution in [2.75, 3.05) is 19.6 Å². The summed E-state index contributed by atoms with van der Waals surface area (Å²) in [5, 5.41) is 16.6. The van der Waals surface area contributed by atoms with Crippen LogP contribution in [0.1, 0.15) is 16.7 Å². The maximum atomic E-state index is 14.5. The third kappa shape index (κ3) is 6.92. The summed E-state index contributed by atoms with van der Waals surface area (Å²) >= 11 is 5.83. The van der Waals surface area contributed by atoms with E-state index < -0.39 is 61.0 Å². The molecule has 0 saturated carbocycles. The molecule has 6 nitrogen and oxygen atoms in total. The van der Waals surface area contributed by atoms with Crippen LogP contribution < -0.4 is 5.32 Å². The van der Waals surface area contributed by atoms with E-state index in [2.05, 4.69) is 11.7 Å². The SMILES string of the molecule is C=C1N(CC(=O)NCC(F)(F)c2cccc(C(F)(F)F)c2)N=C(c2ccc(Cl)cc2)N1CC(O)C(F)(F)F. The van der Waals surface area contributed by atoms with Gasteiger partial charge < -0.3 is 15.3 Å². The molecular formula is C23H19ClF8N4O2. The number of carbonyl (C=O) groups is 1. The number of benzene rings is 2. The Morgan fingerprint density at radius 2 is 1.63 bits per heavy atom. The highest BCUT2D eigenvalue weighted by Gasteiger charge is 2.42. The second kappa shape index (κ2) is 10.8. The van der Waals surface area contributed by atoms with Gasteiger partial charge in [0, 0.05) is 16.1 Å². The fourth-order valence-corrected chi connectivity index (χ4v) is 3.45.